The van der Waals surface area contributed by atoms with Crippen LogP contribution in [0.25, 0.3) is 6.08 Å². The van der Waals surface area contributed by atoms with E-state index >= 15 is 0 Å². The summed E-state index contributed by atoms with van der Waals surface area (Å²) in [5.74, 6) is -1.65. The number of aromatic hydroxyl groups is 2. The van der Waals surface area contributed by atoms with Crippen molar-refractivity contribution in [1.29, 1.82) is 0 Å². The Balaban J connectivity index is 1.65. The summed E-state index contributed by atoms with van der Waals surface area (Å²) in [6, 6.07) is 2.26. The molecule has 0 spiro atoms. The number of phenols is 2. The summed E-state index contributed by atoms with van der Waals surface area (Å²) in [5.41, 5.74) is -0.189. The molecule has 1 aromatic rings. The lowest BCUT2D eigenvalue weighted by molar-refractivity contribution is -0.386. The minimum Gasteiger partial charge on any atom is -0.504 e. The van der Waals surface area contributed by atoms with Crippen LogP contribution in [0.1, 0.15) is 18.9 Å². The summed E-state index contributed by atoms with van der Waals surface area (Å²) < 4.78 is 5.38. The average Bonchev–Trinajstić information content (AvgIpc) is 3.18. The normalized spacial score (nSPS) is 23.8. The fraction of sp³-hybridized carbons (Fsp3) is 0.471. The second-order valence-corrected chi connectivity index (χ2v) is 6.92. The van der Waals surface area contributed by atoms with Gasteiger partial charge in [-0.3, -0.25) is 14.9 Å². The number of carbonyl (C=O) groups is 1. The molecular weight excluding hydrogens is 356 g/mol. The van der Waals surface area contributed by atoms with Gasteiger partial charge in [-0.1, -0.05) is 0 Å². The van der Waals surface area contributed by atoms with Gasteiger partial charge in [-0.2, -0.15) is 0 Å². The lowest BCUT2D eigenvalue weighted by atomic mass is 10.0. The van der Waals surface area contributed by atoms with Crippen molar-refractivity contribution in [2.45, 2.75) is 18.9 Å². The molecule has 3 rings (SSSR count). The molecule has 0 bridgehead atoms. The zero-order chi connectivity index (χ0) is 19.6. The summed E-state index contributed by atoms with van der Waals surface area (Å²) in [6.45, 7) is 4.90. The molecule has 1 atom stereocenters. The van der Waals surface area contributed by atoms with Gasteiger partial charge in [0.2, 0.25) is 5.75 Å². The topological polar surface area (TPSA) is 137 Å². The molecule has 4 N–H and O–H groups in total. The van der Waals surface area contributed by atoms with Crippen molar-refractivity contribution in [3.05, 3.63) is 33.5 Å². The van der Waals surface area contributed by atoms with Crippen LogP contribution in [0, 0.1) is 10.1 Å². The maximum atomic E-state index is 12.5. The minimum atomic E-state index is -0.801. The number of carbonyl (C=O) groups excluding carboxylic acids is 1. The van der Waals surface area contributed by atoms with E-state index in [1.54, 1.807) is 4.90 Å². The third kappa shape index (κ3) is 4.12. The Morgan fingerprint density at radius 1 is 1.48 bits per heavy atom. The Morgan fingerprint density at radius 3 is 2.93 bits per heavy atom. The Kier molecular flexibility index (Phi) is 5.19. The Hall–Kier alpha value is -2.85. The third-order valence-electron chi connectivity index (χ3n) is 4.73. The summed E-state index contributed by atoms with van der Waals surface area (Å²) in [4.78, 5) is 24.2. The maximum absolute atomic E-state index is 12.5. The van der Waals surface area contributed by atoms with Crippen LogP contribution in [0.2, 0.25) is 0 Å². The smallest absolute Gasteiger partial charge is 0.315 e. The number of nitro groups is 1. The van der Waals surface area contributed by atoms with Crippen LogP contribution in [0.15, 0.2) is 17.8 Å². The molecule has 1 amide bonds. The predicted molar refractivity (Wildman–Crippen MR) is 96.0 cm³/mol. The molecule has 2 fully saturated rings. The highest BCUT2D eigenvalue weighted by Crippen LogP contribution is 2.36. The van der Waals surface area contributed by atoms with E-state index in [1.807, 2.05) is 0 Å². The van der Waals surface area contributed by atoms with Crippen LogP contribution in [-0.2, 0) is 9.53 Å². The number of nitrogens with one attached hydrogen (secondary N) is 2. The average molecular weight is 378 g/mol. The highest BCUT2D eigenvalue weighted by Gasteiger charge is 2.30. The molecule has 2 saturated heterocycles. The molecule has 10 heteroatoms. The van der Waals surface area contributed by atoms with Crippen molar-refractivity contribution in [1.82, 2.24) is 15.5 Å². The maximum Gasteiger partial charge on any atom is 0.315 e. The van der Waals surface area contributed by atoms with E-state index in [0.717, 1.165) is 25.2 Å². The number of nitro benzene ring substituents is 1. The van der Waals surface area contributed by atoms with Crippen molar-refractivity contribution < 1.29 is 24.7 Å². The van der Waals surface area contributed by atoms with Crippen LogP contribution in [0.4, 0.5) is 5.69 Å². The molecule has 0 saturated carbocycles. The number of hydrogen-bond acceptors (Lipinski definition) is 8. The third-order valence-corrected chi connectivity index (χ3v) is 4.73. The molecule has 0 unspecified atom stereocenters. The van der Waals surface area contributed by atoms with Crippen LogP contribution in [-0.4, -0.2) is 64.5 Å². The molecule has 27 heavy (non-hydrogen) atoms. The van der Waals surface area contributed by atoms with E-state index in [9.17, 15) is 25.1 Å². The standard InChI is InChI=1S/C17H22N4O6/c1-17(2-5-27-9-17)19-3-4-20-10-18-12(16(20)24)6-11-7-13(21(25)26)15(23)14(22)8-11/h6-8,18-19,22-23H,2-5,9-10H2,1H3/b12-6-/t17-/m0/s1. The van der Waals surface area contributed by atoms with Gasteiger partial charge in [0.1, 0.15) is 5.70 Å². The van der Waals surface area contributed by atoms with Crippen molar-refractivity contribution in [3.63, 3.8) is 0 Å². The summed E-state index contributed by atoms with van der Waals surface area (Å²) in [5, 5.41) is 36.5. The number of benzene rings is 1. The molecule has 10 nitrogen and oxygen atoms in total. The predicted octanol–water partition coefficient (Wildman–Crippen LogP) is 0.505. The fourth-order valence-electron chi connectivity index (χ4n) is 3.11. The largest absolute Gasteiger partial charge is 0.504 e. The molecule has 146 valence electrons. The van der Waals surface area contributed by atoms with E-state index in [2.05, 4.69) is 17.6 Å². The minimum absolute atomic E-state index is 0.0721. The summed E-state index contributed by atoms with van der Waals surface area (Å²) in [7, 11) is 0. The van der Waals surface area contributed by atoms with E-state index in [0.29, 0.717) is 26.4 Å². The van der Waals surface area contributed by atoms with Crippen LogP contribution < -0.4 is 10.6 Å². The van der Waals surface area contributed by atoms with Crippen molar-refractivity contribution in [2.75, 3.05) is 33.0 Å². The first-order valence-corrected chi connectivity index (χ1v) is 8.57. The van der Waals surface area contributed by atoms with Gasteiger partial charge >= 0.3 is 5.69 Å². The van der Waals surface area contributed by atoms with Gasteiger partial charge < -0.3 is 30.5 Å². The molecule has 2 aliphatic heterocycles. The zero-order valence-electron chi connectivity index (χ0n) is 14.9. The van der Waals surface area contributed by atoms with Crippen LogP contribution in [0.5, 0.6) is 11.5 Å². The van der Waals surface area contributed by atoms with Crippen LogP contribution in [0.3, 0.4) is 0 Å². The molecule has 2 heterocycles. The second kappa shape index (κ2) is 7.41. The van der Waals surface area contributed by atoms with E-state index in [1.165, 1.54) is 6.08 Å². The molecule has 2 aliphatic rings. The highest BCUT2D eigenvalue weighted by atomic mass is 16.6. The van der Waals surface area contributed by atoms with Gasteiger partial charge in [-0.25, -0.2) is 0 Å². The lowest BCUT2D eigenvalue weighted by Gasteiger charge is -2.25. The zero-order valence-corrected chi connectivity index (χ0v) is 14.9. The Labute approximate surface area is 155 Å². The van der Waals surface area contributed by atoms with Crippen molar-refractivity contribution in [2.24, 2.45) is 0 Å². The first kappa shape index (κ1) is 18.9. The second-order valence-electron chi connectivity index (χ2n) is 6.92. The summed E-state index contributed by atoms with van der Waals surface area (Å²) >= 11 is 0. The summed E-state index contributed by atoms with van der Waals surface area (Å²) in [6.07, 6.45) is 2.33. The number of hydrogen-bond donors (Lipinski definition) is 4. The Morgan fingerprint density at radius 2 is 2.26 bits per heavy atom. The van der Waals surface area contributed by atoms with Crippen molar-refractivity contribution in [3.8, 4) is 11.5 Å². The van der Waals surface area contributed by atoms with Gasteiger partial charge in [-0.05, 0) is 31.1 Å². The van der Waals surface area contributed by atoms with E-state index < -0.39 is 22.1 Å². The van der Waals surface area contributed by atoms with E-state index in [-0.39, 0.29) is 22.7 Å². The molecule has 0 aromatic heterocycles. The van der Waals surface area contributed by atoms with Crippen LogP contribution >= 0.6 is 0 Å². The van der Waals surface area contributed by atoms with Gasteiger partial charge in [-0.15, -0.1) is 0 Å². The molecule has 0 radical (unpaired) electrons. The van der Waals surface area contributed by atoms with Gasteiger partial charge in [0.15, 0.2) is 5.75 Å². The Bertz CT molecular complexity index is 788. The van der Waals surface area contributed by atoms with Gasteiger partial charge in [0.05, 0.1) is 18.2 Å². The molecular formula is C17H22N4O6. The quantitative estimate of drug-likeness (QED) is 0.243. The number of amides is 1. The monoisotopic (exact) mass is 378 g/mol. The first-order valence-electron chi connectivity index (χ1n) is 8.57. The van der Waals surface area contributed by atoms with E-state index in [4.69, 9.17) is 4.74 Å². The lowest BCUT2D eigenvalue weighted by Crippen LogP contribution is -2.46. The number of ether oxygens (including phenoxy) is 1. The first-order chi connectivity index (χ1) is 12.8. The molecule has 1 aromatic carbocycles. The van der Waals surface area contributed by atoms with Gasteiger partial charge in [0.25, 0.3) is 5.91 Å². The fourth-order valence-corrected chi connectivity index (χ4v) is 3.11. The number of nitrogens with zero attached hydrogens (tertiary/aromatic N) is 2. The number of phenolic OH excluding ortho intramolecular Hbond substituents is 2. The molecule has 0 aliphatic carbocycles. The highest BCUT2D eigenvalue weighted by molar-refractivity contribution is 5.99. The van der Waals surface area contributed by atoms with Gasteiger partial charge in [0, 0.05) is 31.3 Å². The van der Waals surface area contributed by atoms with Crippen molar-refractivity contribution >= 4 is 17.7 Å². The SMILES string of the molecule is C[C@]1(NCCN2CN/C(=C\c3cc(O)c(O)c([N+](=O)[O-])c3)C2=O)CCOC1. The number of rotatable bonds is 6.